The summed E-state index contributed by atoms with van der Waals surface area (Å²) in [7, 11) is 1.51. The monoisotopic (exact) mass is 223 g/mol. The fourth-order valence-corrected chi connectivity index (χ4v) is 0.985. The molecule has 0 saturated carbocycles. The first-order valence-electron chi connectivity index (χ1n) is 4.66. The van der Waals surface area contributed by atoms with Gasteiger partial charge in [0.15, 0.2) is 0 Å². The average molecular weight is 223 g/mol. The van der Waals surface area contributed by atoms with E-state index in [0.717, 1.165) is 0 Å². The number of methoxy groups -OCH3 is 1. The number of aromatic nitrogens is 1. The molecule has 0 fully saturated rings. The first-order chi connectivity index (χ1) is 7.61. The molecule has 16 heavy (non-hydrogen) atoms. The van der Waals surface area contributed by atoms with Crippen LogP contribution in [0.4, 0.5) is 5.69 Å². The summed E-state index contributed by atoms with van der Waals surface area (Å²) in [5, 5.41) is 4.97. The van der Waals surface area contributed by atoms with Crippen molar-refractivity contribution in [3.05, 3.63) is 18.3 Å². The second kappa shape index (κ2) is 5.69. The Balaban J connectivity index is 2.46. The molecule has 0 bridgehead atoms. The molecule has 6 nitrogen and oxygen atoms in total. The molecule has 0 atom stereocenters. The number of hydrogen-bond donors (Lipinski definition) is 2. The number of nitrogens with zero attached hydrogens (tertiary/aromatic N) is 1. The van der Waals surface area contributed by atoms with Gasteiger partial charge in [0, 0.05) is 13.0 Å². The molecule has 0 radical (unpaired) electrons. The van der Waals surface area contributed by atoms with E-state index >= 15 is 0 Å². The molecule has 0 unspecified atom stereocenters. The van der Waals surface area contributed by atoms with Gasteiger partial charge in [-0.05, 0) is 6.07 Å². The van der Waals surface area contributed by atoms with E-state index in [4.69, 9.17) is 4.74 Å². The highest BCUT2D eigenvalue weighted by Gasteiger charge is 2.03. The minimum atomic E-state index is -0.304. The molecule has 0 aromatic carbocycles. The molecular formula is C10H13N3O3. The Morgan fingerprint density at radius 1 is 1.44 bits per heavy atom. The molecular weight excluding hydrogens is 210 g/mol. The van der Waals surface area contributed by atoms with Crippen molar-refractivity contribution in [3.63, 3.8) is 0 Å². The highest BCUT2D eigenvalue weighted by molar-refractivity contribution is 5.94. The standard InChI is InChI=1S/C10H13N3O3/c1-7(14)11-6-9(15)13-8-3-4-10(16-2)12-5-8/h3-5H,6H2,1-2H3,(H,11,14)(H,13,15). The third-order valence-corrected chi connectivity index (χ3v) is 1.73. The average Bonchev–Trinajstić information content (AvgIpc) is 2.27. The number of pyridine rings is 1. The van der Waals surface area contributed by atoms with E-state index in [1.54, 1.807) is 12.1 Å². The Kier molecular flexibility index (Phi) is 4.26. The van der Waals surface area contributed by atoms with Crippen LogP contribution in [0.3, 0.4) is 0 Å². The molecule has 2 N–H and O–H groups in total. The summed E-state index contributed by atoms with van der Waals surface area (Å²) < 4.78 is 4.87. The van der Waals surface area contributed by atoms with Gasteiger partial charge in [-0.15, -0.1) is 0 Å². The lowest BCUT2D eigenvalue weighted by molar-refractivity contribution is -0.122. The molecule has 0 aliphatic carbocycles. The zero-order valence-corrected chi connectivity index (χ0v) is 9.11. The van der Waals surface area contributed by atoms with Crippen LogP contribution in [0.1, 0.15) is 6.92 Å². The van der Waals surface area contributed by atoms with Gasteiger partial charge < -0.3 is 15.4 Å². The van der Waals surface area contributed by atoms with E-state index in [1.165, 1.54) is 20.2 Å². The Morgan fingerprint density at radius 3 is 2.69 bits per heavy atom. The first kappa shape index (κ1) is 12.0. The Hall–Kier alpha value is -2.11. The summed E-state index contributed by atoms with van der Waals surface area (Å²) in [4.78, 5) is 25.8. The molecule has 6 heteroatoms. The summed E-state index contributed by atoms with van der Waals surface area (Å²) in [5.74, 6) is -0.0787. The molecule has 1 heterocycles. The van der Waals surface area contributed by atoms with E-state index in [0.29, 0.717) is 11.6 Å². The minimum Gasteiger partial charge on any atom is -0.481 e. The highest BCUT2D eigenvalue weighted by atomic mass is 16.5. The SMILES string of the molecule is COc1ccc(NC(=O)CNC(C)=O)cn1. The number of carbonyl (C=O) groups excluding carboxylic acids is 2. The van der Waals surface area contributed by atoms with Gasteiger partial charge in [-0.1, -0.05) is 0 Å². The minimum absolute atomic E-state index is 0.0542. The third kappa shape index (κ3) is 3.95. The summed E-state index contributed by atoms with van der Waals surface area (Å²) >= 11 is 0. The van der Waals surface area contributed by atoms with Crippen molar-refractivity contribution in [2.45, 2.75) is 6.92 Å². The molecule has 1 rings (SSSR count). The van der Waals surface area contributed by atoms with Crippen LogP contribution < -0.4 is 15.4 Å². The second-order valence-corrected chi connectivity index (χ2v) is 3.05. The zero-order chi connectivity index (χ0) is 12.0. The Morgan fingerprint density at radius 2 is 2.19 bits per heavy atom. The van der Waals surface area contributed by atoms with Crippen molar-refractivity contribution in [2.24, 2.45) is 0 Å². The van der Waals surface area contributed by atoms with Crippen molar-refractivity contribution < 1.29 is 14.3 Å². The normalized spacial score (nSPS) is 9.38. The molecule has 86 valence electrons. The number of carbonyl (C=O) groups is 2. The van der Waals surface area contributed by atoms with Gasteiger partial charge in [0.05, 0.1) is 25.5 Å². The Bertz CT molecular complexity index is 375. The number of anilines is 1. The van der Waals surface area contributed by atoms with Gasteiger partial charge in [-0.25, -0.2) is 4.98 Å². The molecule has 0 saturated heterocycles. The first-order valence-corrected chi connectivity index (χ1v) is 4.66. The molecule has 1 aromatic rings. The largest absolute Gasteiger partial charge is 0.481 e. The number of ether oxygens (including phenoxy) is 1. The number of hydrogen-bond acceptors (Lipinski definition) is 4. The maximum atomic E-state index is 11.3. The Labute approximate surface area is 93.0 Å². The van der Waals surface area contributed by atoms with Crippen molar-refractivity contribution in [1.29, 1.82) is 0 Å². The fourth-order valence-electron chi connectivity index (χ4n) is 0.985. The quantitative estimate of drug-likeness (QED) is 0.762. The van der Waals surface area contributed by atoms with E-state index < -0.39 is 0 Å². The van der Waals surface area contributed by atoms with Gasteiger partial charge in [-0.3, -0.25) is 9.59 Å². The summed E-state index contributed by atoms with van der Waals surface area (Å²) in [6.07, 6.45) is 1.48. The maximum Gasteiger partial charge on any atom is 0.243 e. The predicted octanol–water partition coefficient (Wildman–Crippen LogP) is 0.165. The lowest BCUT2D eigenvalue weighted by Gasteiger charge is -2.05. The van der Waals surface area contributed by atoms with Crippen molar-refractivity contribution >= 4 is 17.5 Å². The molecule has 0 aliphatic heterocycles. The number of rotatable bonds is 4. The van der Waals surface area contributed by atoms with Crippen LogP contribution in [0.2, 0.25) is 0 Å². The van der Waals surface area contributed by atoms with Crippen LogP contribution in [0.25, 0.3) is 0 Å². The van der Waals surface area contributed by atoms with Gasteiger partial charge in [0.25, 0.3) is 0 Å². The van der Waals surface area contributed by atoms with Crippen LogP contribution in [-0.4, -0.2) is 30.5 Å². The summed E-state index contributed by atoms with van der Waals surface area (Å²) in [5.41, 5.74) is 0.552. The van der Waals surface area contributed by atoms with Crippen molar-refractivity contribution in [3.8, 4) is 5.88 Å². The van der Waals surface area contributed by atoms with E-state index in [-0.39, 0.29) is 18.4 Å². The number of amides is 2. The van der Waals surface area contributed by atoms with E-state index in [9.17, 15) is 9.59 Å². The molecule has 0 aliphatic rings. The number of nitrogens with one attached hydrogen (secondary N) is 2. The van der Waals surface area contributed by atoms with Crippen LogP contribution in [0.5, 0.6) is 5.88 Å². The van der Waals surface area contributed by atoms with Gasteiger partial charge >= 0.3 is 0 Å². The zero-order valence-electron chi connectivity index (χ0n) is 9.11. The molecule has 2 amide bonds. The van der Waals surface area contributed by atoms with Gasteiger partial charge in [0.2, 0.25) is 17.7 Å². The highest BCUT2D eigenvalue weighted by Crippen LogP contribution is 2.10. The topological polar surface area (TPSA) is 80.3 Å². The van der Waals surface area contributed by atoms with Crippen LogP contribution >= 0.6 is 0 Å². The smallest absolute Gasteiger partial charge is 0.243 e. The molecule has 0 spiro atoms. The van der Waals surface area contributed by atoms with Crippen LogP contribution in [-0.2, 0) is 9.59 Å². The van der Waals surface area contributed by atoms with E-state index in [2.05, 4.69) is 15.6 Å². The van der Waals surface area contributed by atoms with E-state index in [1.807, 2.05) is 0 Å². The predicted molar refractivity (Wildman–Crippen MR) is 58.1 cm³/mol. The van der Waals surface area contributed by atoms with Crippen molar-refractivity contribution in [2.75, 3.05) is 19.0 Å². The summed E-state index contributed by atoms with van der Waals surface area (Å²) in [6.45, 7) is 1.30. The van der Waals surface area contributed by atoms with Gasteiger partial charge in [0.1, 0.15) is 0 Å². The van der Waals surface area contributed by atoms with Gasteiger partial charge in [-0.2, -0.15) is 0 Å². The maximum absolute atomic E-state index is 11.3. The summed E-state index contributed by atoms with van der Waals surface area (Å²) in [6, 6.07) is 3.30. The lowest BCUT2D eigenvalue weighted by atomic mass is 10.4. The van der Waals surface area contributed by atoms with Crippen molar-refractivity contribution in [1.82, 2.24) is 10.3 Å². The van der Waals surface area contributed by atoms with Crippen LogP contribution in [0.15, 0.2) is 18.3 Å². The third-order valence-electron chi connectivity index (χ3n) is 1.73. The lowest BCUT2D eigenvalue weighted by Crippen LogP contribution is -2.31. The van der Waals surface area contributed by atoms with Crippen LogP contribution in [0, 0.1) is 0 Å². The molecule has 1 aromatic heterocycles. The fraction of sp³-hybridized carbons (Fsp3) is 0.300. The second-order valence-electron chi connectivity index (χ2n) is 3.05.